The average molecular weight is 718 g/mol. The van der Waals surface area contributed by atoms with Gasteiger partial charge in [-0.3, -0.25) is 14.6 Å². The van der Waals surface area contributed by atoms with Crippen molar-refractivity contribution in [1.82, 2.24) is 34.6 Å². The zero-order valence-electron chi connectivity index (χ0n) is 27.2. The lowest BCUT2D eigenvalue weighted by Gasteiger charge is -2.39. The first-order chi connectivity index (χ1) is 22.6. The summed E-state index contributed by atoms with van der Waals surface area (Å²) in [7, 11) is 3.14. The summed E-state index contributed by atoms with van der Waals surface area (Å²) in [6.45, 7) is 6.52. The van der Waals surface area contributed by atoms with Crippen molar-refractivity contribution in [1.29, 1.82) is 0 Å². The van der Waals surface area contributed by atoms with E-state index in [-0.39, 0.29) is 0 Å². The maximum atomic E-state index is 13.5. The molecule has 0 unspecified atom stereocenters. The molecule has 2 aliphatic heterocycles. The molecule has 0 aliphatic carbocycles. The molecule has 7 rings (SSSR count). The first-order valence-electron chi connectivity index (χ1n) is 15.6. The maximum absolute atomic E-state index is 13.5. The second-order valence-electron chi connectivity index (χ2n) is 12.6. The zero-order valence-corrected chi connectivity index (χ0v) is 29.6. The van der Waals surface area contributed by atoms with Gasteiger partial charge in [0.05, 0.1) is 40.0 Å². The normalized spacial score (nSPS) is 16.8. The molecule has 1 atom stereocenters. The fraction of sp³-hybridized carbons (Fsp3) is 0.364. The second-order valence-corrected chi connectivity index (χ2v) is 16.6. The van der Waals surface area contributed by atoms with Gasteiger partial charge in [-0.2, -0.15) is 10.1 Å². The van der Waals surface area contributed by atoms with E-state index in [4.69, 9.17) is 9.72 Å². The van der Waals surface area contributed by atoms with Crippen molar-refractivity contribution in [3.05, 3.63) is 59.2 Å². The monoisotopic (exact) mass is 716 g/mol. The number of anilines is 5. The Bertz CT molecular complexity index is 2030. The van der Waals surface area contributed by atoms with E-state index in [9.17, 15) is 4.57 Å². The molecule has 2 aromatic carbocycles. The van der Waals surface area contributed by atoms with Crippen LogP contribution in [-0.4, -0.2) is 87.8 Å². The summed E-state index contributed by atoms with van der Waals surface area (Å²) >= 11 is 3.60. The van der Waals surface area contributed by atoms with Crippen molar-refractivity contribution >= 4 is 68.2 Å². The van der Waals surface area contributed by atoms with Crippen LogP contribution in [0.2, 0.25) is 0 Å². The van der Waals surface area contributed by atoms with Gasteiger partial charge in [0.1, 0.15) is 24.2 Å². The molecule has 0 spiro atoms. The highest BCUT2D eigenvalue weighted by molar-refractivity contribution is 9.10. The summed E-state index contributed by atoms with van der Waals surface area (Å²) in [5.74, 6) is 1.58. The molecule has 0 amide bonds. The number of nitrogens with one attached hydrogen (secondary N) is 2. The molecule has 47 heavy (non-hydrogen) atoms. The Morgan fingerprint density at radius 2 is 1.83 bits per heavy atom. The Kier molecular flexibility index (Phi) is 8.40. The van der Waals surface area contributed by atoms with Crippen molar-refractivity contribution in [3.8, 4) is 16.9 Å². The predicted octanol–water partition coefficient (Wildman–Crippen LogP) is 5.78. The van der Waals surface area contributed by atoms with E-state index in [0.717, 1.165) is 55.0 Å². The lowest BCUT2D eigenvalue weighted by molar-refractivity contribution is 0.244. The molecule has 2 aliphatic rings. The van der Waals surface area contributed by atoms with E-state index >= 15 is 0 Å². The van der Waals surface area contributed by atoms with Crippen molar-refractivity contribution in [2.75, 3.05) is 62.7 Å². The van der Waals surface area contributed by atoms with Gasteiger partial charge in [0, 0.05) is 79.8 Å². The van der Waals surface area contributed by atoms with Gasteiger partial charge >= 0.3 is 0 Å². The van der Waals surface area contributed by atoms with Gasteiger partial charge in [0.2, 0.25) is 5.95 Å². The molecule has 5 aromatic rings. The molecule has 1 saturated heterocycles. The summed E-state index contributed by atoms with van der Waals surface area (Å²) in [5, 5.41) is 12.0. The Balaban J connectivity index is 1.27. The van der Waals surface area contributed by atoms with Crippen LogP contribution in [0.25, 0.3) is 22.2 Å². The Morgan fingerprint density at radius 1 is 1.00 bits per heavy atom. The number of likely N-dealkylation sites (tertiary alicyclic amines) is 1. The lowest BCUT2D eigenvalue weighted by atomic mass is 10.00. The van der Waals surface area contributed by atoms with Gasteiger partial charge in [-0.05, 0) is 73.9 Å². The van der Waals surface area contributed by atoms with Crippen LogP contribution in [0.1, 0.15) is 18.5 Å². The molecular formula is C33H38BrN10O2P. The van der Waals surface area contributed by atoms with Gasteiger partial charge in [0.25, 0.3) is 0 Å². The van der Waals surface area contributed by atoms with E-state index < -0.39 is 7.14 Å². The number of hydrogen-bond acceptors (Lipinski definition) is 11. The van der Waals surface area contributed by atoms with Crippen LogP contribution in [0, 0.1) is 0 Å². The molecule has 3 aromatic heterocycles. The third kappa shape index (κ3) is 6.08. The molecule has 0 bridgehead atoms. The van der Waals surface area contributed by atoms with E-state index in [2.05, 4.69) is 75.6 Å². The number of halogens is 1. The molecule has 2 N–H and O–H groups in total. The number of hydrogen-bond donors (Lipinski definition) is 2. The summed E-state index contributed by atoms with van der Waals surface area (Å²) in [5.41, 5.74) is 7.25. The molecule has 12 nitrogen and oxygen atoms in total. The Labute approximate surface area is 282 Å². The fourth-order valence-corrected chi connectivity index (χ4v) is 8.51. The third-order valence-corrected chi connectivity index (χ3v) is 11.1. The van der Waals surface area contributed by atoms with Crippen LogP contribution in [0.15, 0.2) is 53.5 Å². The van der Waals surface area contributed by atoms with Crippen LogP contribution in [0.3, 0.4) is 0 Å². The highest BCUT2D eigenvalue weighted by Crippen LogP contribution is 2.45. The number of piperidine rings is 1. The maximum Gasteiger partial charge on any atom is 0.229 e. The number of ether oxygens (including phenoxy) is 1. The van der Waals surface area contributed by atoms with Crippen molar-refractivity contribution in [3.63, 3.8) is 0 Å². The van der Waals surface area contributed by atoms with E-state index in [1.807, 2.05) is 30.1 Å². The number of fused-ring (bicyclic) bond motifs is 4. The predicted molar refractivity (Wildman–Crippen MR) is 192 cm³/mol. The number of likely N-dealkylation sites (N-methyl/N-ethyl adjacent to an activating group) is 1. The van der Waals surface area contributed by atoms with Gasteiger partial charge in [-0.25, -0.2) is 4.98 Å². The van der Waals surface area contributed by atoms with Crippen LogP contribution < -0.4 is 25.6 Å². The van der Waals surface area contributed by atoms with Crippen molar-refractivity contribution in [2.24, 2.45) is 7.05 Å². The van der Waals surface area contributed by atoms with Crippen molar-refractivity contribution < 1.29 is 9.30 Å². The Morgan fingerprint density at radius 3 is 2.62 bits per heavy atom. The summed E-state index contributed by atoms with van der Waals surface area (Å²) in [6.07, 6.45) is 10.1. The minimum absolute atomic E-state index is 0.373. The van der Waals surface area contributed by atoms with Crippen LogP contribution in [0.5, 0.6) is 5.75 Å². The van der Waals surface area contributed by atoms with Gasteiger partial charge < -0.3 is 29.7 Å². The van der Waals surface area contributed by atoms with E-state index in [1.165, 1.54) is 12.1 Å². The summed E-state index contributed by atoms with van der Waals surface area (Å²) < 4.78 is 22.1. The average Bonchev–Trinajstić information content (AvgIpc) is 3.33. The van der Waals surface area contributed by atoms with E-state index in [1.54, 1.807) is 39.0 Å². The summed E-state index contributed by atoms with van der Waals surface area (Å²) in [6, 6.07) is 8.40. The van der Waals surface area contributed by atoms with Crippen LogP contribution >= 0.6 is 23.1 Å². The first-order valence-corrected chi connectivity index (χ1v) is 19.0. The molecule has 1 fully saturated rings. The topological polar surface area (TPSA) is 126 Å². The Hall–Kier alpha value is -4.06. The van der Waals surface area contributed by atoms with E-state index in [0.29, 0.717) is 50.1 Å². The largest absolute Gasteiger partial charge is 0.494 e. The van der Waals surface area contributed by atoms with Gasteiger partial charge in [-0.1, -0.05) is 0 Å². The lowest BCUT2D eigenvalue weighted by Crippen LogP contribution is -2.47. The first kappa shape index (κ1) is 31.5. The quantitative estimate of drug-likeness (QED) is 0.199. The van der Waals surface area contributed by atoms with Gasteiger partial charge in [-0.15, -0.1) is 0 Å². The van der Waals surface area contributed by atoms with Crippen LogP contribution in [-0.2, 0) is 18.0 Å². The SMILES string of the molecule is COc1cc2c(cc1Nc1ncc(Br)c(Nc3ccc4nccnc4c3P(C)(C)=O)n1)-c1cnn(C)c1CCN2[C@@H]1CCCN(C)C1. The minimum Gasteiger partial charge on any atom is -0.494 e. The number of rotatable bonds is 7. The zero-order chi connectivity index (χ0) is 32.9. The molecule has 5 heterocycles. The number of aromatic nitrogens is 6. The third-order valence-electron chi connectivity index (χ3n) is 9.00. The fourth-order valence-electron chi connectivity index (χ4n) is 6.82. The molecule has 0 radical (unpaired) electrons. The molecular weight excluding hydrogens is 679 g/mol. The molecule has 244 valence electrons. The molecule has 0 saturated carbocycles. The highest BCUT2D eigenvalue weighted by atomic mass is 79.9. The van der Waals surface area contributed by atoms with Crippen molar-refractivity contribution in [2.45, 2.75) is 25.3 Å². The molecule has 14 heteroatoms. The number of methoxy groups -OCH3 is 1. The summed E-state index contributed by atoms with van der Waals surface area (Å²) in [4.78, 5) is 23.3. The highest BCUT2D eigenvalue weighted by Gasteiger charge is 2.31. The minimum atomic E-state index is -2.76. The number of nitrogens with zero attached hydrogens (tertiary/aromatic N) is 8. The smallest absolute Gasteiger partial charge is 0.229 e. The van der Waals surface area contributed by atoms with Crippen LogP contribution in [0.4, 0.5) is 28.8 Å². The standard InChI is InChI=1S/C33H38BrN10O2P/c1-42-13-6-7-20(19-42)44-14-10-27-22(17-38-43(27)2)21-15-26(29(46-3)16-28(21)44)40-33-37-18-23(34)32(41-33)39-25-9-8-24-30(36-12-11-35-24)31(25)47(4,5)45/h8-9,11-12,15-18,20H,6-7,10,13-14,19H2,1-5H3,(H2,37,39,40,41)/t20-/m1/s1. The number of benzene rings is 2. The second kappa shape index (κ2) is 12.5. The number of aryl methyl sites for hydroxylation is 1. The van der Waals surface area contributed by atoms with Gasteiger partial charge in [0.15, 0.2) is 0 Å².